The molecule has 0 atom stereocenters. The molecule has 0 spiro atoms. The lowest BCUT2D eigenvalue weighted by Gasteiger charge is -2.24. The zero-order chi connectivity index (χ0) is 15.3. The summed E-state index contributed by atoms with van der Waals surface area (Å²) < 4.78 is 15.0. The Labute approximate surface area is 118 Å². The molecule has 0 aliphatic carbocycles. The van der Waals surface area contributed by atoms with Gasteiger partial charge in [-0.2, -0.15) is 0 Å². The summed E-state index contributed by atoms with van der Waals surface area (Å²) in [5.74, 6) is -0.348. The predicted octanol–water partition coefficient (Wildman–Crippen LogP) is 2.32. The van der Waals surface area contributed by atoms with Crippen molar-refractivity contribution < 1.29 is 23.8 Å². The van der Waals surface area contributed by atoms with Crippen molar-refractivity contribution in [1.82, 2.24) is 0 Å². The lowest BCUT2D eigenvalue weighted by Crippen LogP contribution is -2.30. The maximum atomic E-state index is 11.9. The highest BCUT2D eigenvalue weighted by Gasteiger charge is 2.34. The normalized spacial score (nSPS) is 10.8. The molecule has 0 aromatic heterocycles. The van der Waals surface area contributed by atoms with Crippen LogP contribution < -0.4 is 4.74 Å². The van der Waals surface area contributed by atoms with Gasteiger partial charge in [0.1, 0.15) is 5.75 Å². The van der Waals surface area contributed by atoms with Gasteiger partial charge in [0.2, 0.25) is 0 Å². The first-order valence-electron chi connectivity index (χ1n) is 6.32. The first-order valence-corrected chi connectivity index (χ1v) is 6.32. The highest BCUT2D eigenvalue weighted by molar-refractivity contribution is 5.91. The van der Waals surface area contributed by atoms with Crippen molar-refractivity contribution in [1.29, 1.82) is 0 Å². The molecule has 1 rings (SSSR count). The van der Waals surface area contributed by atoms with E-state index >= 15 is 0 Å². The molecule has 0 heterocycles. The highest BCUT2D eigenvalue weighted by Crippen LogP contribution is 2.33. The van der Waals surface area contributed by atoms with E-state index in [4.69, 9.17) is 14.2 Å². The van der Waals surface area contributed by atoms with Crippen LogP contribution in [0.25, 0.3) is 0 Å². The van der Waals surface area contributed by atoms with Crippen LogP contribution in [0.15, 0.2) is 18.2 Å². The number of carbonyl (C=O) groups excluding carboxylic acids is 2. The quantitative estimate of drug-likeness (QED) is 0.775. The topological polar surface area (TPSA) is 61.8 Å². The van der Waals surface area contributed by atoms with Gasteiger partial charge in [-0.3, -0.25) is 4.79 Å². The average Bonchev–Trinajstić information content (AvgIpc) is 2.45. The standard InChI is InChI=1S/C15H20O5/c1-6-20-13(16)10-7-8-11(12(9-10)18-4)15(2,3)14(17)19-5/h7-9H,6H2,1-5H3. The summed E-state index contributed by atoms with van der Waals surface area (Å²) in [6, 6.07) is 4.86. The van der Waals surface area contributed by atoms with Crippen molar-refractivity contribution in [3.8, 4) is 5.75 Å². The number of ether oxygens (including phenoxy) is 3. The van der Waals surface area contributed by atoms with E-state index in [9.17, 15) is 9.59 Å². The SMILES string of the molecule is CCOC(=O)c1ccc(C(C)(C)C(=O)OC)c(OC)c1. The number of carbonyl (C=O) groups is 2. The maximum absolute atomic E-state index is 11.9. The minimum atomic E-state index is -0.868. The van der Waals surface area contributed by atoms with Crippen molar-refractivity contribution in [3.63, 3.8) is 0 Å². The lowest BCUT2D eigenvalue weighted by atomic mass is 9.83. The Morgan fingerprint density at radius 2 is 1.85 bits per heavy atom. The van der Waals surface area contributed by atoms with Crippen LogP contribution in [0.1, 0.15) is 36.7 Å². The van der Waals surface area contributed by atoms with Crippen LogP contribution >= 0.6 is 0 Å². The van der Waals surface area contributed by atoms with Gasteiger partial charge in [0.05, 0.1) is 31.8 Å². The number of methoxy groups -OCH3 is 2. The van der Waals surface area contributed by atoms with Crippen molar-refractivity contribution in [3.05, 3.63) is 29.3 Å². The molecule has 0 unspecified atom stereocenters. The Kier molecular flexibility index (Phi) is 5.13. The molecule has 110 valence electrons. The molecule has 1 aromatic rings. The summed E-state index contributed by atoms with van der Waals surface area (Å²) in [5, 5.41) is 0. The van der Waals surface area contributed by atoms with E-state index in [1.165, 1.54) is 14.2 Å². The Balaban J connectivity index is 3.24. The number of hydrogen-bond donors (Lipinski definition) is 0. The molecule has 20 heavy (non-hydrogen) atoms. The highest BCUT2D eigenvalue weighted by atomic mass is 16.5. The van der Waals surface area contributed by atoms with E-state index < -0.39 is 11.4 Å². The van der Waals surface area contributed by atoms with Gasteiger partial charge in [0.25, 0.3) is 0 Å². The molecule has 0 saturated heterocycles. The third kappa shape index (κ3) is 3.10. The zero-order valence-electron chi connectivity index (χ0n) is 12.5. The van der Waals surface area contributed by atoms with E-state index in [2.05, 4.69) is 0 Å². The number of hydrogen-bond acceptors (Lipinski definition) is 5. The average molecular weight is 280 g/mol. The number of rotatable bonds is 5. The summed E-state index contributed by atoms with van der Waals surface area (Å²) in [6.45, 7) is 5.52. The molecule has 0 bridgehead atoms. The third-order valence-corrected chi connectivity index (χ3v) is 3.08. The largest absolute Gasteiger partial charge is 0.496 e. The van der Waals surface area contributed by atoms with Crippen molar-refractivity contribution in [2.24, 2.45) is 0 Å². The van der Waals surface area contributed by atoms with E-state index in [0.29, 0.717) is 23.5 Å². The smallest absolute Gasteiger partial charge is 0.338 e. The van der Waals surface area contributed by atoms with Gasteiger partial charge in [0, 0.05) is 5.56 Å². The molecule has 0 amide bonds. The zero-order valence-corrected chi connectivity index (χ0v) is 12.5. The van der Waals surface area contributed by atoms with Gasteiger partial charge in [0.15, 0.2) is 0 Å². The molecule has 0 saturated carbocycles. The molecular formula is C15H20O5. The summed E-state index contributed by atoms with van der Waals surface area (Å²) >= 11 is 0. The van der Waals surface area contributed by atoms with Crippen LogP contribution in [0.2, 0.25) is 0 Å². The second kappa shape index (κ2) is 6.41. The Morgan fingerprint density at radius 1 is 1.20 bits per heavy atom. The van der Waals surface area contributed by atoms with E-state index in [1.807, 2.05) is 0 Å². The first kappa shape index (κ1) is 16.0. The molecule has 0 fully saturated rings. The van der Waals surface area contributed by atoms with Crippen molar-refractivity contribution in [2.45, 2.75) is 26.2 Å². The molecule has 0 N–H and O–H groups in total. The van der Waals surface area contributed by atoms with Gasteiger partial charge in [-0.25, -0.2) is 4.79 Å². The van der Waals surface area contributed by atoms with Crippen LogP contribution in [0, 0.1) is 0 Å². The maximum Gasteiger partial charge on any atom is 0.338 e. The van der Waals surface area contributed by atoms with Gasteiger partial charge in [-0.15, -0.1) is 0 Å². The minimum Gasteiger partial charge on any atom is -0.496 e. The fourth-order valence-electron chi connectivity index (χ4n) is 1.91. The number of esters is 2. The summed E-state index contributed by atoms with van der Waals surface area (Å²) in [6.07, 6.45) is 0. The molecule has 1 aromatic carbocycles. The molecule has 0 radical (unpaired) electrons. The van der Waals surface area contributed by atoms with E-state index in [1.54, 1.807) is 39.0 Å². The van der Waals surface area contributed by atoms with Crippen LogP contribution in [0.4, 0.5) is 0 Å². The minimum absolute atomic E-state index is 0.302. The fraction of sp³-hybridized carbons (Fsp3) is 0.467. The first-order chi connectivity index (χ1) is 9.38. The van der Waals surface area contributed by atoms with Crippen LogP contribution in [-0.4, -0.2) is 32.8 Å². The lowest BCUT2D eigenvalue weighted by molar-refractivity contribution is -0.146. The molecule has 0 aliphatic rings. The molecular weight excluding hydrogens is 260 g/mol. The Hall–Kier alpha value is -2.04. The van der Waals surface area contributed by atoms with E-state index in [0.717, 1.165) is 0 Å². The second-order valence-corrected chi connectivity index (χ2v) is 4.75. The Morgan fingerprint density at radius 3 is 2.35 bits per heavy atom. The Bertz CT molecular complexity index is 505. The summed E-state index contributed by atoms with van der Waals surface area (Å²) in [7, 11) is 2.82. The summed E-state index contributed by atoms with van der Waals surface area (Å²) in [5.41, 5.74) is 0.167. The summed E-state index contributed by atoms with van der Waals surface area (Å²) in [4.78, 5) is 23.5. The van der Waals surface area contributed by atoms with Crippen molar-refractivity contribution in [2.75, 3.05) is 20.8 Å². The number of benzene rings is 1. The second-order valence-electron chi connectivity index (χ2n) is 4.75. The molecule has 5 nitrogen and oxygen atoms in total. The van der Waals surface area contributed by atoms with Crippen LogP contribution in [-0.2, 0) is 19.7 Å². The third-order valence-electron chi connectivity index (χ3n) is 3.08. The van der Waals surface area contributed by atoms with Gasteiger partial charge in [-0.1, -0.05) is 6.07 Å². The van der Waals surface area contributed by atoms with Gasteiger partial charge in [-0.05, 0) is 32.9 Å². The van der Waals surface area contributed by atoms with Gasteiger partial charge >= 0.3 is 11.9 Å². The van der Waals surface area contributed by atoms with Crippen LogP contribution in [0.3, 0.4) is 0 Å². The monoisotopic (exact) mass is 280 g/mol. The molecule has 0 aliphatic heterocycles. The predicted molar refractivity (Wildman–Crippen MR) is 74.0 cm³/mol. The van der Waals surface area contributed by atoms with Crippen molar-refractivity contribution >= 4 is 11.9 Å². The van der Waals surface area contributed by atoms with E-state index in [-0.39, 0.29) is 5.97 Å². The van der Waals surface area contributed by atoms with Crippen LogP contribution in [0.5, 0.6) is 5.75 Å². The fourth-order valence-corrected chi connectivity index (χ4v) is 1.91. The van der Waals surface area contributed by atoms with Gasteiger partial charge < -0.3 is 14.2 Å². The molecule has 5 heteroatoms.